The second-order valence-corrected chi connectivity index (χ2v) is 7.92. The lowest BCUT2D eigenvalue weighted by atomic mass is 9.96. The van der Waals surface area contributed by atoms with Crippen LogP contribution in [0.2, 0.25) is 0 Å². The fourth-order valence-corrected chi connectivity index (χ4v) is 3.75. The first-order valence-corrected chi connectivity index (χ1v) is 10.6. The number of hydrogen-bond acceptors (Lipinski definition) is 6. The number of alkyl halides is 3. The Morgan fingerprint density at radius 1 is 1.12 bits per heavy atom. The zero-order chi connectivity index (χ0) is 23.4. The Morgan fingerprint density at radius 3 is 2.55 bits per heavy atom. The third-order valence-corrected chi connectivity index (χ3v) is 5.64. The van der Waals surface area contributed by atoms with Crippen molar-refractivity contribution in [2.45, 2.75) is 25.6 Å². The first-order valence-electron chi connectivity index (χ1n) is 10.6. The van der Waals surface area contributed by atoms with Crippen LogP contribution >= 0.6 is 0 Å². The normalized spacial score (nSPS) is 14.8. The average molecular weight is 459 g/mol. The maximum absolute atomic E-state index is 12.8. The smallest absolute Gasteiger partial charge is 0.355 e. The van der Waals surface area contributed by atoms with E-state index in [2.05, 4.69) is 30.8 Å². The minimum absolute atomic E-state index is 0.0690. The van der Waals surface area contributed by atoms with E-state index in [1.807, 2.05) is 25.2 Å². The van der Waals surface area contributed by atoms with Crippen molar-refractivity contribution in [1.82, 2.24) is 25.3 Å². The van der Waals surface area contributed by atoms with Crippen LogP contribution in [0, 0.1) is 5.92 Å². The van der Waals surface area contributed by atoms with Crippen LogP contribution in [0.5, 0.6) is 0 Å². The van der Waals surface area contributed by atoms with E-state index in [-0.39, 0.29) is 18.4 Å². The molecule has 3 aromatic rings. The highest BCUT2D eigenvalue weighted by atomic mass is 19.4. The average Bonchev–Trinajstić information content (AvgIpc) is 3.22. The second-order valence-electron chi connectivity index (χ2n) is 7.92. The summed E-state index contributed by atoms with van der Waals surface area (Å²) in [6.45, 7) is 1.36. The summed E-state index contributed by atoms with van der Waals surface area (Å²) in [4.78, 5) is 14.6. The molecule has 8 nitrogen and oxygen atoms in total. The minimum Gasteiger partial charge on any atom is -0.355 e. The highest BCUT2D eigenvalue weighted by molar-refractivity contribution is 5.79. The van der Waals surface area contributed by atoms with Crippen molar-refractivity contribution in [2.24, 2.45) is 13.0 Å². The Labute approximate surface area is 188 Å². The van der Waals surface area contributed by atoms with Crippen molar-refractivity contribution in [2.75, 3.05) is 23.3 Å². The minimum atomic E-state index is -4.40. The number of anilines is 3. The molecule has 0 unspecified atom stereocenters. The number of rotatable bonds is 6. The number of piperidine rings is 1. The van der Waals surface area contributed by atoms with E-state index in [9.17, 15) is 18.0 Å². The molecule has 2 aromatic heterocycles. The number of benzene rings is 1. The number of aryl methyl sites for hydroxylation is 1. The molecule has 1 aliphatic heterocycles. The van der Waals surface area contributed by atoms with Gasteiger partial charge in [-0.1, -0.05) is 12.1 Å². The summed E-state index contributed by atoms with van der Waals surface area (Å²) in [6, 6.07) is 10.5. The van der Waals surface area contributed by atoms with Gasteiger partial charge in [0.05, 0.1) is 11.8 Å². The molecule has 0 radical (unpaired) electrons. The van der Waals surface area contributed by atoms with Gasteiger partial charge in [-0.05, 0) is 42.7 Å². The van der Waals surface area contributed by atoms with Gasteiger partial charge in [-0.25, -0.2) is 0 Å². The largest absolute Gasteiger partial charge is 0.416 e. The number of halogens is 3. The summed E-state index contributed by atoms with van der Waals surface area (Å²) >= 11 is 0. The summed E-state index contributed by atoms with van der Waals surface area (Å²) in [6.07, 6.45) is -1.46. The Hall–Kier alpha value is -3.63. The number of carbonyl (C=O) groups is 1. The third kappa shape index (κ3) is 5.60. The molecule has 1 aliphatic rings. The maximum Gasteiger partial charge on any atom is 0.416 e. The zero-order valence-electron chi connectivity index (χ0n) is 18.0. The number of amides is 1. The lowest BCUT2D eigenvalue weighted by Crippen LogP contribution is -2.40. The molecule has 0 saturated carbocycles. The predicted octanol–water partition coefficient (Wildman–Crippen LogP) is 3.51. The van der Waals surface area contributed by atoms with E-state index in [1.54, 1.807) is 16.9 Å². The van der Waals surface area contributed by atoms with Gasteiger partial charge in [-0.2, -0.15) is 18.3 Å². The van der Waals surface area contributed by atoms with Crippen molar-refractivity contribution in [1.29, 1.82) is 0 Å². The lowest BCUT2D eigenvalue weighted by Gasteiger charge is -2.31. The first kappa shape index (κ1) is 22.6. The molecule has 1 saturated heterocycles. The molecular formula is C22H24F3N7O. The molecule has 33 heavy (non-hydrogen) atoms. The van der Waals surface area contributed by atoms with Crippen molar-refractivity contribution in [3.63, 3.8) is 0 Å². The molecule has 4 rings (SSSR count). The second kappa shape index (κ2) is 9.47. The number of carbonyl (C=O) groups excluding carboxylic acids is 1. The third-order valence-electron chi connectivity index (χ3n) is 5.64. The number of nitrogens with one attached hydrogen (secondary N) is 2. The van der Waals surface area contributed by atoms with Crippen molar-refractivity contribution < 1.29 is 18.0 Å². The monoisotopic (exact) mass is 459 g/mol. The molecule has 174 valence electrons. The van der Waals surface area contributed by atoms with Gasteiger partial charge in [0.25, 0.3) is 0 Å². The molecule has 1 aromatic carbocycles. The van der Waals surface area contributed by atoms with Gasteiger partial charge in [-0.3, -0.25) is 9.48 Å². The topological polar surface area (TPSA) is 88.0 Å². The van der Waals surface area contributed by atoms with E-state index in [0.29, 0.717) is 37.3 Å². The quantitative estimate of drug-likeness (QED) is 0.587. The van der Waals surface area contributed by atoms with Gasteiger partial charge in [-0.15, -0.1) is 10.2 Å². The highest BCUT2D eigenvalue weighted by Gasteiger charge is 2.30. The van der Waals surface area contributed by atoms with Crippen LogP contribution in [0.25, 0.3) is 0 Å². The Kier molecular flexibility index (Phi) is 6.47. The van der Waals surface area contributed by atoms with Crippen molar-refractivity contribution >= 4 is 23.4 Å². The number of aromatic nitrogens is 4. The molecule has 1 amide bonds. The Morgan fingerprint density at radius 2 is 1.91 bits per heavy atom. The summed E-state index contributed by atoms with van der Waals surface area (Å²) in [5.41, 5.74) is -0.295. The van der Waals surface area contributed by atoms with Crippen LogP contribution in [0.3, 0.4) is 0 Å². The van der Waals surface area contributed by atoms with Crippen LogP contribution in [0.4, 0.5) is 30.6 Å². The van der Waals surface area contributed by atoms with E-state index < -0.39 is 11.7 Å². The molecular weight excluding hydrogens is 435 g/mol. The van der Waals surface area contributed by atoms with Gasteiger partial charge in [0.15, 0.2) is 11.6 Å². The van der Waals surface area contributed by atoms with E-state index >= 15 is 0 Å². The van der Waals surface area contributed by atoms with Crippen molar-refractivity contribution in [3.8, 4) is 0 Å². The molecule has 0 aliphatic carbocycles. The first-order chi connectivity index (χ1) is 15.8. The van der Waals surface area contributed by atoms with Crippen LogP contribution < -0.4 is 15.5 Å². The summed E-state index contributed by atoms with van der Waals surface area (Å²) in [5, 5.41) is 18.5. The van der Waals surface area contributed by atoms with E-state index in [1.165, 1.54) is 6.07 Å². The number of nitrogens with zero attached hydrogens (tertiary/aromatic N) is 5. The lowest BCUT2D eigenvalue weighted by molar-refractivity contribution is -0.137. The maximum atomic E-state index is 12.8. The predicted molar refractivity (Wildman–Crippen MR) is 117 cm³/mol. The van der Waals surface area contributed by atoms with Crippen LogP contribution in [-0.2, 0) is 24.6 Å². The molecule has 0 bridgehead atoms. The Bertz CT molecular complexity index is 1090. The van der Waals surface area contributed by atoms with Crippen LogP contribution in [0.1, 0.15) is 24.0 Å². The molecule has 3 heterocycles. The van der Waals surface area contributed by atoms with Gasteiger partial charge < -0.3 is 15.5 Å². The Balaban J connectivity index is 1.26. The molecule has 0 spiro atoms. The fourth-order valence-electron chi connectivity index (χ4n) is 3.75. The molecule has 0 atom stereocenters. The van der Waals surface area contributed by atoms with Crippen LogP contribution in [0.15, 0.2) is 48.7 Å². The van der Waals surface area contributed by atoms with Crippen LogP contribution in [-0.4, -0.2) is 39.0 Å². The number of hydrogen-bond donors (Lipinski definition) is 2. The summed E-state index contributed by atoms with van der Waals surface area (Å²) < 4.78 is 40.2. The summed E-state index contributed by atoms with van der Waals surface area (Å²) in [7, 11) is 1.82. The van der Waals surface area contributed by atoms with Gasteiger partial charge >= 0.3 is 6.18 Å². The molecule has 11 heteroatoms. The highest BCUT2D eigenvalue weighted by Crippen LogP contribution is 2.29. The van der Waals surface area contributed by atoms with Gasteiger partial charge in [0, 0.05) is 38.7 Å². The fraction of sp³-hybridized carbons (Fsp3) is 0.364. The zero-order valence-corrected chi connectivity index (χ0v) is 18.0. The molecule has 2 N–H and O–H groups in total. The molecule has 1 fully saturated rings. The SMILES string of the molecule is Cn1nccc1Nc1ccc(N2CCC(C(=O)NCc3cccc(C(F)(F)F)c3)CC2)nn1. The van der Waals surface area contributed by atoms with Crippen molar-refractivity contribution in [3.05, 3.63) is 59.8 Å². The van der Waals surface area contributed by atoms with Gasteiger partial charge in [0.2, 0.25) is 5.91 Å². The van der Waals surface area contributed by atoms with Gasteiger partial charge in [0.1, 0.15) is 5.82 Å². The van der Waals surface area contributed by atoms with E-state index in [0.717, 1.165) is 23.8 Å². The summed E-state index contributed by atoms with van der Waals surface area (Å²) in [5.74, 6) is 1.80. The standard InChI is InChI=1S/C22H24F3N7O/c1-31-19(7-10-27-31)28-18-5-6-20(30-29-18)32-11-8-16(9-12-32)21(33)26-14-15-3-2-4-17(13-15)22(23,24)25/h2-7,10,13,16H,8-9,11-12,14H2,1H3,(H,26,33)(H,28,29). The van der Waals surface area contributed by atoms with E-state index in [4.69, 9.17) is 0 Å².